The zero-order valence-electron chi connectivity index (χ0n) is 12.3. The van der Waals surface area contributed by atoms with Gasteiger partial charge in [-0.3, -0.25) is 4.79 Å². The Labute approximate surface area is 128 Å². The summed E-state index contributed by atoms with van der Waals surface area (Å²) in [4.78, 5) is 29.3. The molecule has 1 N–H and O–H groups in total. The van der Waals surface area contributed by atoms with E-state index in [2.05, 4.69) is 11.9 Å². The number of hydrogen-bond donors (Lipinski definition) is 1. The normalized spacial score (nSPS) is 22.7. The van der Waals surface area contributed by atoms with Crippen LogP contribution >= 0.6 is 11.3 Å². The van der Waals surface area contributed by atoms with Gasteiger partial charge in [0.05, 0.1) is 10.7 Å². The van der Waals surface area contributed by atoms with E-state index in [0.717, 1.165) is 23.5 Å². The van der Waals surface area contributed by atoms with Gasteiger partial charge in [0, 0.05) is 18.0 Å². The third-order valence-electron chi connectivity index (χ3n) is 3.89. The predicted octanol–water partition coefficient (Wildman–Crippen LogP) is 2.57. The third-order valence-corrected chi connectivity index (χ3v) is 4.68. The minimum absolute atomic E-state index is 0.248. The zero-order valence-corrected chi connectivity index (χ0v) is 13.1. The second-order valence-electron chi connectivity index (χ2n) is 5.31. The molecule has 0 saturated carbocycles. The lowest BCUT2D eigenvalue weighted by molar-refractivity contribution is -0.151. The lowest BCUT2D eigenvalue weighted by atomic mass is 9.89. The molecule has 1 aromatic rings. The van der Waals surface area contributed by atoms with Crippen LogP contribution in [0.1, 0.15) is 36.9 Å². The third kappa shape index (κ3) is 3.91. The number of thiazole rings is 1. The lowest BCUT2D eigenvalue weighted by Gasteiger charge is -2.36. The minimum Gasteiger partial charge on any atom is -0.480 e. The van der Waals surface area contributed by atoms with Crippen LogP contribution in [0.5, 0.6) is 0 Å². The number of carboxylic acid groups (broad SMARTS) is 1. The fraction of sp³-hybridized carbons (Fsp3) is 0.533. The van der Waals surface area contributed by atoms with Gasteiger partial charge < -0.3 is 10.0 Å². The fourth-order valence-corrected chi connectivity index (χ4v) is 3.20. The van der Waals surface area contributed by atoms with Crippen molar-refractivity contribution in [2.75, 3.05) is 6.54 Å². The summed E-state index contributed by atoms with van der Waals surface area (Å²) in [6, 6.07) is -0.710. The molecule has 114 valence electrons. The number of amides is 1. The van der Waals surface area contributed by atoms with Crippen molar-refractivity contribution in [2.45, 2.75) is 39.2 Å². The first-order valence-electron chi connectivity index (χ1n) is 7.15. The van der Waals surface area contributed by atoms with Crippen molar-refractivity contribution < 1.29 is 14.7 Å². The van der Waals surface area contributed by atoms with Crippen molar-refractivity contribution in [2.24, 2.45) is 5.92 Å². The lowest BCUT2D eigenvalue weighted by Crippen LogP contribution is -2.49. The molecule has 1 aliphatic rings. The Balaban J connectivity index is 2.06. The average molecular weight is 308 g/mol. The summed E-state index contributed by atoms with van der Waals surface area (Å²) in [5.41, 5.74) is 0.737. The number of rotatable bonds is 4. The maximum atomic E-state index is 12.2. The van der Waals surface area contributed by atoms with Crippen molar-refractivity contribution >= 4 is 29.3 Å². The number of likely N-dealkylation sites (tertiary alicyclic amines) is 1. The Hall–Kier alpha value is -1.69. The molecule has 0 radical (unpaired) electrons. The summed E-state index contributed by atoms with van der Waals surface area (Å²) in [5, 5.41) is 12.1. The summed E-state index contributed by atoms with van der Waals surface area (Å²) in [7, 11) is 0. The maximum absolute atomic E-state index is 12.2. The van der Waals surface area contributed by atoms with Crippen molar-refractivity contribution in [1.82, 2.24) is 9.88 Å². The summed E-state index contributed by atoms with van der Waals surface area (Å²) in [5.74, 6) is -0.776. The van der Waals surface area contributed by atoms with Gasteiger partial charge in [-0.1, -0.05) is 13.3 Å². The van der Waals surface area contributed by atoms with Crippen LogP contribution in [0.25, 0.3) is 6.08 Å². The number of carbonyl (C=O) groups is 2. The Bertz CT molecular complexity index is 553. The predicted molar refractivity (Wildman–Crippen MR) is 82.0 cm³/mol. The molecular weight excluding hydrogens is 288 g/mol. The molecule has 6 heteroatoms. The van der Waals surface area contributed by atoms with Crippen LogP contribution in [0.4, 0.5) is 0 Å². The summed E-state index contributed by atoms with van der Waals surface area (Å²) in [6.45, 7) is 4.47. The maximum Gasteiger partial charge on any atom is 0.326 e. The van der Waals surface area contributed by atoms with Crippen molar-refractivity contribution in [1.29, 1.82) is 0 Å². The molecule has 2 rings (SSSR count). The number of hydrogen-bond acceptors (Lipinski definition) is 4. The van der Waals surface area contributed by atoms with E-state index in [0.29, 0.717) is 18.9 Å². The van der Waals surface area contributed by atoms with Crippen LogP contribution in [0.3, 0.4) is 0 Å². The fourth-order valence-electron chi connectivity index (χ4n) is 2.62. The van der Waals surface area contributed by atoms with E-state index in [4.69, 9.17) is 0 Å². The summed E-state index contributed by atoms with van der Waals surface area (Å²) >= 11 is 1.52. The SMILES string of the molecule is CCC1CCN(C(=O)/C=C/c2csc(C)n2)C(C(=O)O)C1. The smallest absolute Gasteiger partial charge is 0.326 e. The second kappa shape index (κ2) is 6.85. The largest absolute Gasteiger partial charge is 0.480 e. The molecule has 5 nitrogen and oxygen atoms in total. The summed E-state index contributed by atoms with van der Waals surface area (Å²) in [6.07, 6.45) is 5.45. The number of aryl methyl sites for hydroxylation is 1. The molecule has 2 heterocycles. The van der Waals surface area contributed by atoms with Gasteiger partial charge in [-0.25, -0.2) is 9.78 Å². The number of piperidine rings is 1. The number of carboxylic acids is 1. The quantitative estimate of drug-likeness (QED) is 0.868. The molecule has 0 bridgehead atoms. The molecule has 0 spiro atoms. The van der Waals surface area contributed by atoms with Gasteiger partial charge in [0.15, 0.2) is 0 Å². The first-order chi connectivity index (χ1) is 10.0. The topological polar surface area (TPSA) is 70.5 Å². The van der Waals surface area contributed by atoms with Gasteiger partial charge in [-0.15, -0.1) is 11.3 Å². The highest BCUT2D eigenvalue weighted by Crippen LogP contribution is 2.26. The van der Waals surface area contributed by atoms with E-state index < -0.39 is 12.0 Å². The molecule has 21 heavy (non-hydrogen) atoms. The molecule has 1 aliphatic heterocycles. The molecule has 2 atom stereocenters. The minimum atomic E-state index is -0.917. The zero-order chi connectivity index (χ0) is 15.4. The highest BCUT2D eigenvalue weighted by Gasteiger charge is 2.34. The van der Waals surface area contributed by atoms with Crippen LogP contribution in [-0.2, 0) is 9.59 Å². The van der Waals surface area contributed by atoms with Crippen LogP contribution < -0.4 is 0 Å². The average Bonchev–Trinajstić information content (AvgIpc) is 2.89. The van der Waals surface area contributed by atoms with E-state index in [1.54, 1.807) is 6.08 Å². The number of aromatic nitrogens is 1. The molecule has 1 amide bonds. The standard InChI is InChI=1S/C15H20N2O3S/c1-3-11-6-7-17(13(8-11)15(19)20)14(18)5-4-12-9-21-10(2)16-12/h4-5,9,11,13H,3,6-8H2,1-2H3,(H,19,20)/b5-4+. The van der Waals surface area contributed by atoms with Gasteiger partial charge in [0.25, 0.3) is 0 Å². The first kappa shape index (κ1) is 15.7. The van der Waals surface area contributed by atoms with Crippen molar-refractivity contribution in [3.63, 3.8) is 0 Å². The van der Waals surface area contributed by atoms with E-state index in [9.17, 15) is 14.7 Å². The molecule has 2 unspecified atom stereocenters. The highest BCUT2D eigenvalue weighted by molar-refractivity contribution is 7.09. The van der Waals surface area contributed by atoms with Crippen LogP contribution in [-0.4, -0.2) is 39.5 Å². The van der Waals surface area contributed by atoms with Gasteiger partial charge >= 0.3 is 5.97 Å². The Morgan fingerprint density at radius 3 is 2.90 bits per heavy atom. The van der Waals surface area contributed by atoms with Gasteiger partial charge in [0.1, 0.15) is 6.04 Å². The molecular formula is C15H20N2O3S. The van der Waals surface area contributed by atoms with Gasteiger partial charge in [-0.05, 0) is 31.8 Å². The molecule has 1 aromatic heterocycles. The van der Waals surface area contributed by atoms with Crippen molar-refractivity contribution in [3.05, 3.63) is 22.2 Å². The highest BCUT2D eigenvalue weighted by atomic mass is 32.1. The number of aliphatic carboxylic acids is 1. The van der Waals surface area contributed by atoms with Crippen molar-refractivity contribution in [3.8, 4) is 0 Å². The van der Waals surface area contributed by atoms with E-state index in [1.807, 2.05) is 12.3 Å². The second-order valence-corrected chi connectivity index (χ2v) is 6.37. The summed E-state index contributed by atoms with van der Waals surface area (Å²) < 4.78 is 0. The van der Waals surface area contributed by atoms with E-state index in [-0.39, 0.29) is 5.91 Å². The van der Waals surface area contributed by atoms with Crippen LogP contribution in [0.15, 0.2) is 11.5 Å². The van der Waals surface area contributed by atoms with E-state index in [1.165, 1.54) is 22.3 Å². The number of nitrogens with zero attached hydrogens (tertiary/aromatic N) is 2. The molecule has 0 aliphatic carbocycles. The molecule has 0 aromatic carbocycles. The van der Waals surface area contributed by atoms with Gasteiger partial charge in [-0.2, -0.15) is 0 Å². The van der Waals surface area contributed by atoms with Crippen LogP contribution in [0.2, 0.25) is 0 Å². The number of carbonyl (C=O) groups excluding carboxylic acids is 1. The van der Waals surface area contributed by atoms with E-state index >= 15 is 0 Å². The molecule has 1 fully saturated rings. The Morgan fingerprint density at radius 2 is 2.33 bits per heavy atom. The van der Waals surface area contributed by atoms with Crippen LogP contribution in [0, 0.1) is 12.8 Å². The monoisotopic (exact) mass is 308 g/mol. The van der Waals surface area contributed by atoms with Gasteiger partial charge in [0.2, 0.25) is 5.91 Å². The Kier molecular flexibility index (Phi) is 5.12. The Morgan fingerprint density at radius 1 is 1.57 bits per heavy atom. The molecule has 1 saturated heterocycles. The first-order valence-corrected chi connectivity index (χ1v) is 8.02.